The number of ether oxygens (including phenoxy) is 1. The summed E-state index contributed by atoms with van der Waals surface area (Å²) in [6.45, 7) is 3.37. The molecule has 0 aliphatic heterocycles. The van der Waals surface area contributed by atoms with Gasteiger partial charge in [0, 0.05) is 18.3 Å². The zero-order valence-electron chi connectivity index (χ0n) is 11.3. The molecule has 0 aliphatic rings. The standard InChI is InChI=1S/C15H20N2O2/c1-3-9-17(10-4-2)15(18)8-11-19-14-7-5-6-13(16)12-14/h1,5-7,12H,4,8-11,16H2,2H3. The summed E-state index contributed by atoms with van der Waals surface area (Å²) < 4.78 is 5.48. The van der Waals surface area contributed by atoms with Crippen LogP contribution in [0.25, 0.3) is 0 Å². The Balaban J connectivity index is 2.39. The minimum Gasteiger partial charge on any atom is -0.493 e. The summed E-state index contributed by atoms with van der Waals surface area (Å²) in [7, 11) is 0. The first-order valence-corrected chi connectivity index (χ1v) is 6.37. The molecule has 0 fully saturated rings. The van der Waals surface area contributed by atoms with Gasteiger partial charge in [0.05, 0.1) is 19.6 Å². The van der Waals surface area contributed by atoms with Gasteiger partial charge in [-0.25, -0.2) is 0 Å². The van der Waals surface area contributed by atoms with E-state index >= 15 is 0 Å². The summed E-state index contributed by atoms with van der Waals surface area (Å²) in [4.78, 5) is 13.6. The molecular weight excluding hydrogens is 240 g/mol. The molecule has 0 saturated carbocycles. The van der Waals surface area contributed by atoms with Gasteiger partial charge >= 0.3 is 0 Å². The molecule has 102 valence electrons. The molecule has 19 heavy (non-hydrogen) atoms. The van der Waals surface area contributed by atoms with Crippen LogP contribution in [0.2, 0.25) is 0 Å². The van der Waals surface area contributed by atoms with E-state index in [9.17, 15) is 4.79 Å². The predicted octanol–water partition coefficient (Wildman–Crippen LogP) is 1.91. The van der Waals surface area contributed by atoms with Gasteiger partial charge < -0.3 is 15.4 Å². The maximum Gasteiger partial charge on any atom is 0.226 e. The molecule has 1 amide bonds. The maximum absolute atomic E-state index is 11.9. The van der Waals surface area contributed by atoms with Crippen LogP contribution in [0, 0.1) is 12.3 Å². The molecule has 0 atom stereocenters. The summed E-state index contributed by atoms with van der Waals surface area (Å²) >= 11 is 0. The van der Waals surface area contributed by atoms with Crippen molar-refractivity contribution in [2.45, 2.75) is 19.8 Å². The number of rotatable bonds is 7. The molecule has 2 N–H and O–H groups in total. The molecule has 1 aromatic rings. The van der Waals surface area contributed by atoms with Crippen molar-refractivity contribution >= 4 is 11.6 Å². The summed E-state index contributed by atoms with van der Waals surface area (Å²) in [6.07, 6.45) is 6.45. The smallest absolute Gasteiger partial charge is 0.226 e. The highest BCUT2D eigenvalue weighted by molar-refractivity contribution is 5.76. The Morgan fingerprint density at radius 1 is 1.53 bits per heavy atom. The molecule has 0 aromatic heterocycles. The van der Waals surface area contributed by atoms with Gasteiger partial charge in [-0.1, -0.05) is 18.9 Å². The van der Waals surface area contributed by atoms with E-state index in [2.05, 4.69) is 5.92 Å². The molecule has 0 radical (unpaired) electrons. The highest BCUT2D eigenvalue weighted by Gasteiger charge is 2.11. The van der Waals surface area contributed by atoms with E-state index in [1.54, 1.807) is 17.0 Å². The molecule has 0 unspecified atom stereocenters. The first-order valence-electron chi connectivity index (χ1n) is 6.37. The Morgan fingerprint density at radius 2 is 2.32 bits per heavy atom. The van der Waals surface area contributed by atoms with Crippen LogP contribution in [0.4, 0.5) is 5.69 Å². The number of terminal acetylenes is 1. The van der Waals surface area contributed by atoms with Crippen molar-refractivity contribution in [3.8, 4) is 18.1 Å². The first-order chi connectivity index (χ1) is 9.17. The lowest BCUT2D eigenvalue weighted by Crippen LogP contribution is -2.33. The fourth-order valence-corrected chi connectivity index (χ4v) is 1.69. The molecule has 0 spiro atoms. The van der Waals surface area contributed by atoms with Crippen molar-refractivity contribution in [1.29, 1.82) is 0 Å². The zero-order valence-corrected chi connectivity index (χ0v) is 11.3. The summed E-state index contributed by atoms with van der Waals surface area (Å²) in [5, 5.41) is 0. The van der Waals surface area contributed by atoms with Gasteiger partial charge in [0.2, 0.25) is 5.91 Å². The number of hydrogen-bond donors (Lipinski definition) is 1. The number of nitrogens with two attached hydrogens (primary N) is 1. The van der Waals surface area contributed by atoms with E-state index in [-0.39, 0.29) is 5.91 Å². The van der Waals surface area contributed by atoms with Crippen LogP contribution in [0.15, 0.2) is 24.3 Å². The van der Waals surface area contributed by atoms with Crippen molar-refractivity contribution in [3.63, 3.8) is 0 Å². The largest absolute Gasteiger partial charge is 0.493 e. The number of amides is 1. The lowest BCUT2D eigenvalue weighted by molar-refractivity contribution is -0.131. The normalized spacial score (nSPS) is 9.68. The number of nitrogens with zero attached hydrogens (tertiary/aromatic N) is 1. The van der Waals surface area contributed by atoms with Crippen molar-refractivity contribution < 1.29 is 9.53 Å². The topological polar surface area (TPSA) is 55.6 Å². The number of nitrogen functional groups attached to an aromatic ring is 1. The van der Waals surface area contributed by atoms with Gasteiger partial charge in [-0.15, -0.1) is 6.42 Å². The van der Waals surface area contributed by atoms with Gasteiger partial charge in [-0.2, -0.15) is 0 Å². The first kappa shape index (κ1) is 14.9. The highest BCUT2D eigenvalue weighted by Crippen LogP contribution is 2.14. The van der Waals surface area contributed by atoms with Crippen LogP contribution < -0.4 is 10.5 Å². The molecule has 0 heterocycles. The second-order valence-corrected chi connectivity index (χ2v) is 4.19. The highest BCUT2D eigenvalue weighted by atomic mass is 16.5. The summed E-state index contributed by atoms with van der Waals surface area (Å²) in [5.41, 5.74) is 6.28. The van der Waals surface area contributed by atoms with Crippen molar-refractivity contribution in [2.75, 3.05) is 25.4 Å². The third-order valence-corrected chi connectivity index (χ3v) is 2.57. The Hall–Kier alpha value is -2.15. The number of carbonyl (C=O) groups is 1. The van der Waals surface area contributed by atoms with Crippen molar-refractivity contribution in [2.24, 2.45) is 0 Å². The van der Waals surface area contributed by atoms with E-state index in [1.165, 1.54) is 0 Å². The Labute approximate surface area is 114 Å². The molecule has 0 bridgehead atoms. The molecule has 0 aliphatic carbocycles. The van der Waals surface area contributed by atoms with Crippen molar-refractivity contribution in [1.82, 2.24) is 4.90 Å². The SMILES string of the molecule is C#CCN(CCC)C(=O)CCOc1cccc(N)c1. The maximum atomic E-state index is 11.9. The van der Waals surface area contributed by atoms with Gasteiger partial charge in [-0.05, 0) is 18.6 Å². The summed E-state index contributed by atoms with van der Waals surface area (Å²) in [6, 6.07) is 7.14. The number of anilines is 1. The minimum absolute atomic E-state index is 0.0173. The zero-order chi connectivity index (χ0) is 14.1. The second kappa shape index (κ2) is 8.04. The molecule has 1 aromatic carbocycles. The fraction of sp³-hybridized carbons (Fsp3) is 0.400. The Bertz CT molecular complexity index is 452. The van der Waals surface area contributed by atoms with Crippen molar-refractivity contribution in [3.05, 3.63) is 24.3 Å². The predicted molar refractivity (Wildman–Crippen MR) is 76.7 cm³/mol. The molecular formula is C15H20N2O2. The lowest BCUT2D eigenvalue weighted by atomic mass is 10.3. The molecule has 4 nitrogen and oxygen atoms in total. The van der Waals surface area contributed by atoms with Crippen LogP contribution in [-0.4, -0.2) is 30.5 Å². The van der Waals surface area contributed by atoms with Crippen LogP contribution in [0.1, 0.15) is 19.8 Å². The quantitative estimate of drug-likeness (QED) is 0.602. The third kappa shape index (κ3) is 5.35. The van der Waals surface area contributed by atoms with Gasteiger partial charge in [0.25, 0.3) is 0 Å². The number of carbonyl (C=O) groups excluding carboxylic acids is 1. The van der Waals surface area contributed by atoms with E-state index in [1.807, 2.05) is 19.1 Å². The number of hydrogen-bond acceptors (Lipinski definition) is 3. The molecule has 1 rings (SSSR count). The van der Waals surface area contributed by atoms with Crippen LogP contribution >= 0.6 is 0 Å². The average Bonchev–Trinajstić information content (AvgIpc) is 2.38. The minimum atomic E-state index is 0.0173. The second-order valence-electron chi connectivity index (χ2n) is 4.19. The monoisotopic (exact) mass is 260 g/mol. The van der Waals surface area contributed by atoms with Crippen LogP contribution in [-0.2, 0) is 4.79 Å². The van der Waals surface area contributed by atoms with E-state index in [4.69, 9.17) is 16.9 Å². The lowest BCUT2D eigenvalue weighted by Gasteiger charge is -2.19. The van der Waals surface area contributed by atoms with Crippen LogP contribution in [0.3, 0.4) is 0 Å². The van der Waals surface area contributed by atoms with E-state index in [0.29, 0.717) is 37.6 Å². The number of benzene rings is 1. The van der Waals surface area contributed by atoms with Gasteiger partial charge in [0.15, 0.2) is 0 Å². The average molecular weight is 260 g/mol. The van der Waals surface area contributed by atoms with Gasteiger partial charge in [0.1, 0.15) is 5.75 Å². The Morgan fingerprint density at radius 3 is 2.95 bits per heavy atom. The van der Waals surface area contributed by atoms with E-state index < -0.39 is 0 Å². The third-order valence-electron chi connectivity index (χ3n) is 2.57. The molecule has 4 heteroatoms. The van der Waals surface area contributed by atoms with E-state index in [0.717, 1.165) is 6.42 Å². The van der Waals surface area contributed by atoms with Crippen LogP contribution in [0.5, 0.6) is 5.75 Å². The summed E-state index contributed by atoms with van der Waals surface area (Å²) in [5.74, 6) is 3.19. The molecule has 0 saturated heterocycles. The fourth-order valence-electron chi connectivity index (χ4n) is 1.69. The Kier molecular flexibility index (Phi) is 6.31. The van der Waals surface area contributed by atoms with Gasteiger partial charge in [-0.3, -0.25) is 4.79 Å².